The smallest absolute Gasteiger partial charge is 0.264 e. The Labute approximate surface area is 95.0 Å². The molecule has 1 aliphatic rings. The number of nitrogens with zero attached hydrogens (tertiary/aromatic N) is 1. The predicted molar refractivity (Wildman–Crippen MR) is 48.3 cm³/mol. The third-order valence-electron chi connectivity index (χ3n) is 1.98. The Morgan fingerprint density at radius 3 is 2.36 bits per heavy atom. The van der Waals surface area contributed by atoms with Crippen LogP contribution in [0.25, 0.3) is 0 Å². The topological polar surface area (TPSA) is 66.8 Å². The fourth-order valence-electron chi connectivity index (χ4n) is 1.30. The molecule has 7 heteroatoms. The standard InChI is InChI=1S/C7H15NO4S.Fe/c9-13(10,11)7-1-2-8-3-5-12-6-4-8;/h1-7H2,(H,9,10,11);. The van der Waals surface area contributed by atoms with E-state index < -0.39 is 10.1 Å². The number of hydrogen-bond acceptors (Lipinski definition) is 4. The van der Waals surface area contributed by atoms with E-state index in [4.69, 9.17) is 9.29 Å². The fourth-order valence-corrected chi connectivity index (χ4v) is 1.79. The zero-order chi connectivity index (χ0) is 9.73. The van der Waals surface area contributed by atoms with E-state index in [1.807, 2.05) is 0 Å². The summed E-state index contributed by atoms with van der Waals surface area (Å²) in [6, 6.07) is 0. The third-order valence-corrected chi connectivity index (χ3v) is 2.78. The van der Waals surface area contributed by atoms with Gasteiger partial charge in [-0.1, -0.05) is 0 Å². The molecule has 0 saturated carbocycles. The summed E-state index contributed by atoms with van der Waals surface area (Å²) in [6.45, 7) is 3.85. The Morgan fingerprint density at radius 2 is 1.86 bits per heavy atom. The maximum atomic E-state index is 10.4. The van der Waals surface area contributed by atoms with Crippen LogP contribution in [0.15, 0.2) is 0 Å². The number of hydrogen-bond donors (Lipinski definition) is 1. The van der Waals surface area contributed by atoms with Crippen LogP contribution < -0.4 is 0 Å². The van der Waals surface area contributed by atoms with E-state index in [1.165, 1.54) is 0 Å². The van der Waals surface area contributed by atoms with Crippen molar-refractivity contribution in [3.63, 3.8) is 0 Å². The summed E-state index contributed by atoms with van der Waals surface area (Å²) in [4.78, 5) is 2.13. The molecule has 5 nitrogen and oxygen atoms in total. The number of rotatable bonds is 4. The molecule has 0 radical (unpaired) electrons. The van der Waals surface area contributed by atoms with Crippen LogP contribution in [-0.4, -0.2) is 56.5 Å². The Morgan fingerprint density at radius 1 is 1.29 bits per heavy atom. The Hall–Kier alpha value is 0.349. The second-order valence-corrected chi connectivity index (χ2v) is 4.67. The van der Waals surface area contributed by atoms with E-state index in [1.54, 1.807) is 0 Å². The fraction of sp³-hybridized carbons (Fsp3) is 1.00. The molecule has 14 heavy (non-hydrogen) atoms. The van der Waals surface area contributed by atoms with E-state index in [0.717, 1.165) is 13.1 Å². The van der Waals surface area contributed by atoms with Crippen LogP contribution >= 0.6 is 0 Å². The van der Waals surface area contributed by atoms with Gasteiger partial charge in [0, 0.05) is 30.2 Å². The zero-order valence-electron chi connectivity index (χ0n) is 7.83. The molecule has 0 atom stereocenters. The Bertz CT molecular complexity index is 238. The molecule has 0 aromatic carbocycles. The molecule has 0 unspecified atom stereocenters. The number of ether oxygens (including phenoxy) is 1. The van der Waals surface area contributed by atoms with Gasteiger partial charge in [0.15, 0.2) is 0 Å². The van der Waals surface area contributed by atoms with Gasteiger partial charge < -0.3 is 4.74 Å². The summed E-state index contributed by atoms with van der Waals surface area (Å²) in [6.07, 6.45) is 0.485. The van der Waals surface area contributed by atoms with Gasteiger partial charge in [0.2, 0.25) is 0 Å². The molecule has 86 valence electrons. The number of morpholine rings is 1. The van der Waals surface area contributed by atoms with E-state index in [-0.39, 0.29) is 22.8 Å². The normalized spacial score (nSPS) is 18.9. The summed E-state index contributed by atoms with van der Waals surface area (Å²) in [7, 11) is -3.78. The summed E-state index contributed by atoms with van der Waals surface area (Å²) < 4.78 is 34.4. The maximum absolute atomic E-state index is 10.4. The van der Waals surface area contributed by atoms with Gasteiger partial charge in [0.1, 0.15) is 0 Å². The van der Waals surface area contributed by atoms with Crippen LogP contribution in [0.2, 0.25) is 0 Å². The molecule has 1 heterocycles. The quantitative estimate of drug-likeness (QED) is 0.553. The zero-order valence-corrected chi connectivity index (χ0v) is 9.75. The largest absolute Gasteiger partial charge is 0.379 e. The van der Waals surface area contributed by atoms with Crippen molar-refractivity contribution in [2.24, 2.45) is 0 Å². The molecule has 1 fully saturated rings. The molecule has 0 bridgehead atoms. The van der Waals surface area contributed by atoms with Crippen LogP contribution in [-0.2, 0) is 31.9 Å². The molecule has 1 rings (SSSR count). The molecule has 0 aromatic rings. The first-order valence-corrected chi connectivity index (χ1v) is 5.94. The molecule has 1 N–H and O–H groups in total. The molecule has 0 aliphatic carbocycles. The van der Waals surface area contributed by atoms with Crippen molar-refractivity contribution in [2.75, 3.05) is 38.6 Å². The molecule has 1 saturated heterocycles. The van der Waals surface area contributed by atoms with Gasteiger partial charge >= 0.3 is 0 Å². The van der Waals surface area contributed by atoms with Gasteiger partial charge in [-0.3, -0.25) is 9.45 Å². The van der Waals surface area contributed by atoms with E-state index in [9.17, 15) is 8.42 Å². The first-order chi connectivity index (χ1) is 6.08. The van der Waals surface area contributed by atoms with E-state index in [2.05, 4.69) is 4.90 Å². The monoisotopic (exact) mass is 265 g/mol. The van der Waals surface area contributed by atoms with Crippen molar-refractivity contribution in [3.8, 4) is 0 Å². The molecule has 0 aromatic heterocycles. The van der Waals surface area contributed by atoms with Crippen LogP contribution in [0, 0.1) is 0 Å². The second kappa shape index (κ2) is 6.76. The average molecular weight is 265 g/mol. The van der Waals surface area contributed by atoms with Crippen molar-refractivity contribution >= 4 is 10.1 Å². The van der Waals surface area contributed by atoms with Gasteiger partial charge in [0.25, 0.3) is 10.1 Å². The third kappa shape index (κ3) is 6.75. The van der Waals surface area contributed by atoms with E-state index in [0.29, 0.717) is 26.2 Å². The van der Waals surface area contributed by atoms with Crippen molar-refractivity contribution in [3.05, 3.63) is 0 Å². The average Bonchev–Trinajstić information content (AvgIpc) is 2.04. The maximum Gasteiger partial charge on any atom is 0.264 e. The second-order valence-electron chi connectivity index (χ2n) is 3.09. The van der Waals surface area contributed by atoms with Gasteiger partial charge in [-0.05, 0) is 13.0 Å². The van der Waals surface area contributed by atoms with Crippen molar-refractivity contribution in [1.82, 2.24) is 4.90 Å². The SMILES string of the molecule is O=S(=O)(O)CCCN1CCOCC1.[Fe]. The minimum atomic E-state index is -3.78. The van der Waals surface area contributed by atoms with Crippen molar-refractivity contribution < 1.29 is 34.8 Å². The Balaban J connectivity index is 0.00000169. The first-order valence-electron chi connectivity index (χ1n) is 4.33. The molecule has 0 amide bonds. The summed E-state index contributed by atoms with van der Waals surface area (Å²) in [5, 5.41) is 0. The molecular formula is C7H15FeNO4S. The van der Waals surface area contributed by atoms with Gasteiger partial charge in [-0.2, -0.15) is 8.42 Å². The summed E-state index contributed by atoms with van der Waals surface area (Å²) >= 11 is 0. The van der Waals surface area contributed by atoms with Gasteiger partial charge in [0.05, 0.1) is 19.0 Å². The van der Waals surface area contributed by atoms with Crippen LogP contribution in [0.3, 0.4) is 0 Å². The first kappa shape index (κ1) is 14.3. The summed E-state index contributed by atoms with van der Waals surface area (Å²) in [5.41, 5.74) is 0. The minimum Gasteiger partial charge on any atom is -0.379 e. The minimum absolute atomic E-state index is 0. The van der Waals surface area contributed by atoms with Crippen molar-refractivity contribution in [2.45, 2.75) is 6.42 Å². The predicted octanol–water partition coefficient (Wildman–Crippen LogP) is -0.406. The van der Waals surface area contributed by atoms with E-state index >= 15 is 0 Å². The molecular weight excluding hydrogens is 250 g/mol. The summed E-state index contributed by atoms with van der Waals surface area (Å²) in [5.74, 6) is -0.148. The molecule has 1 aliphatic heterocycles. The van der Waals surface area contributed by atoms with Crippen LogP contribution in [0.4, 0.5) is 0 Å². The van der Waals surface area contributed by atoms with Crippen LogP contribution in [0.1, 0.15) is 6.42 Å². The van der Waals surface area contributed by atoms with Gasteiger partial charge in [-0.25, -0.2) is 0 Å². The van der Waals surface area contributed by atoms with Crippen LogP contribution in [0.5, 0.6) is 0 Å². The Kier molecular flexibility index (Phi) is 6.93. The van der Waals surface area contributed by atoms with Crippen molar-refractivity contribution in [1.29, 1.82) is 0 Å². The van der Waals surface area contributed by atoms with Gasteiger partial charge in [-0.15, -0.1) is 0 Å². The molecule has 0 spiro atoms.